The van der Waals surface area contributed by atoms with Crippen LogP contribution >= 0.6 is 0 Å². The van der Waals surface area contributed by atoms with Crippen LogP contribution in [0, 0.1) is 6.92 Å². The Bertz CT molecular complexity index is 1410. The molecular weight excluding hydrogens is 459 g/mol. The number of hydrogen-bond donors (Lipinski definition) is 0. The van der Waals surface area contributed by atoms with Crippen LogP contribution in [0.1, 0.15) is 40.8 Å². The maximum absolute atomic E-state index is 13.4. The number of aromatic nitrogens is 1. The van der Waals surface area contributed by atoms with Crippen molar-refractivity contribution in [2.24, 2.45) is 0 Å². The van der Waals surface area contributed by atoms with Crippen LogP contribution < -0.4 is 9.80 Å². The highest BCUT2D eigenvalue weighted by Crippen LogP contribution is 2.39. The molecule has 0 saturated carbocycles. The Balaban J connectivity index is 1.50. The van der Waals surface area contributed by atoms with Crippen LogP contribution in [0.4, 0.5) is 24.5 Å². The molecule has 0 bridgehead atoms. The molecule has 3 aromatic carbocycles. The van der Waals surface area contributed by atoms with E-state index >= 15 is 0 Å². The van der Waals surface area contributed by atoms with Gasteiger partial charge in [-0.1, -0.05) is 42.0 Å². The number of para-hydroxylation sites is 2. The number of benzene rings is 3. The molecule has 1 atom stereocenters. The first kappa shape index (κ1) is 22.9. The second-order valence-corrected chi connectivity index (χ2v) is 10.0. The van der Waals surface area contributed by atoms with Gasteiger partial charge in [0, 0.05) is 43.2 Å². The lowest BCUT2D eigenvalue weighted by Gasteiger charge is -2.32. The van der Waals surface area contributed by atoms with Crippen molar-refractivity contribution in [3.05, 3.63) is 101 Å². The van der Waals surface area contributed by atoms with Crippen molar-refractivity contribution in [3.8, 4) is 0 Å². The molecular formula is C30H28F3N3. The lowest BCUT2D eigenvalue weighted by molar-refractivity contribution is -0.137. The zero-order valence-corrected chi connectivity index (χ0v) is 20.2. The summed E-state index contributed by atoms with van der Waals surface area (Å²) in [5.74, 6) is 0. The fraction of sp³-hybridized carbons (Fsp3) is 0.300. The number of pyridine rings is 1. The Hall–Kier alpha value is -3.54. The van der Waals surface area contributed by atoms with Gasteiger partial charge < -0.3 is 9.80 Å². The van der Waals surface area contributed by atoms with E-state index in [1.165, 1.54) is 28.9 Å². The molecule has 1 fully saturated rings. The van der Waals surface area contributed by atoms with E-state index in [0.29, 0.717) is 30.0 Å². The molecule has 184 valence electrons. The minimum absolute atomic E-state index is 0.323. The van der Waals surface area contributed by atoms with E-state index in [2.05, 4.69) is 65.3 Å². The predicted octanol–water partition coefficient (Wildman–Crippen LogP) is 7.29. The van der Waals surface area contributed by atoms with Crippen LogP contribution in [-0.4, -0.2) is 17.6 Å². The van der Waals surface area contributed by atoms with Gasteiger partial charge in [-0.15, -0.1) is 0 Å². The summed E-state index contributed by atoms with van der Waals surface area (Å²) in [4.78, 5) is 9.79. The number of aryl methyl sites for hydroxylation is 1. The second kappa shape index (κ2) is 8.84. The lowest BCUT2D eigenvalue weighted by Crippen LogP contribution is -2.32. The average molecular weight is 488 g/mol. The normalized spacial score (nSPS) is 17.7. The molecule has 0 radical (unpaired) electrons. The average Bonchev–Trinajstić information content (AvgIpc) is 3.33. The van der Waals surface area contributed by atoms with Gasteiger partial charge in [-0.2, -0.15) is 13.2 Å². The summed E-state index contributed by atoms with van der Waals surface area (Å²) < 4.78 is 40.3. The van der Waals surface area contributed by atoms with Gasteiger partial charge in [0.25, 0.3) is 0 Å². The van der Waals surface area contributed by atoms with Crippen molar-refractivity contribution in [2.75, 3.05) is 16.3 Å². The summed E-state index contributed by atoms with van der Waals surface area (Å²) in [6, 6.07) is 23.2. The van der Waals surface area contributed by atoms with E-state index in [0.717, 1.165) is 48.8 Å². The SMILES string of the molecule is Cc1ccc(CN2Cc3cc4cc(C(F)(F)F)ccc4nc3CC3CCCN3c3ccccc32)cc1. The van der Waals surface area contributed by atoms with E-state index in [1.54, 1.807) is 0 Å². The molecule has 4 aromatic rings. The predicted molar refractivity (Wildman–Crippen MR) is 138 cm³/mol. The Morgan fingerprint density at radius 2 is 1.72 bits per heavy atom. The minimum atomic E-state index is -4.38. The summed E-state index contributed by atoms with van der Waals surface area (Å²) in [6.45, 7) is 4.36. The van der Waals surface area contributed by atoms with Gasteiger partial charge in [-0.3, -0.25) is 4.98 Å². The quantitative estimate of drug-likeness (QED) is 0.296. The fourth-order valence-electron chi connectivity index (χ4n) is 5.66. The third kappa shape index (κ3) is 4.29. The highest BCUT2D eigenvalue weighted by molar-refractivity contribution is 5.81. The van der Waals surface area contributed by atoms with Crippen molar-refractivity contribution in [3.63, 3.8) is 0 Å². The highest BCUT2D eigenvalue weighted by atomic mass is 19.4. The van der Waals surface area contributed by atoms with Crippen LogP contribution in [0.3, 0.4) is 0 Å². The Morgan fingerprint density at radius 1 is 0.944 bits per heavy atom. The molecule has 0 amide bonds. The number of alkyl halides is 3. The first-order chi connectivity index (χ1) is 17.3. The number of nitrogens with zero attached hydrogens (tertiary/aromatic N) is 3. The van der Waals surface area contributed by atoms with Gasteiger partial charge in [0.15, 0.2) is 0 Å². The van der Waals surface area contributed by atoms with Gasteiger partial charge in [-0.25, -0.2) is 0 Å². The van der Waals surface area contributed by atoms with Gasteiger partial charge in [0.2, 0.25) is 0 Å². The second-order valence-electron chi connectivity index (χ2n) is 10.0. The van der Waals surface area contributed by atoms with E-state index < -0.39 is 11.7 Å². The Morgan fingerprint density at radius 3 is 2.50 bits per heavy atom. The molecule has 1 aromatic heterocycles. The molecule has 1 unspecified atom stereocenters. The molecule has 1 saturated heterocycles. The summed E-state index contributed by atoms with van der Waals surface area (Å²) in [6.07, 6.45) is -1.39. The van der Waals surface area contributed by atoms with Crippen LogP contribution in [0.15, 0.2) is 72.8 Å². The molecule has 0 spiro atoms. The van der Waals surface area contributed by atoms with E-state index in [1.807, 2.05) is 6.07 Å². The monoisotopic (exact) mass is 487 g/mol. The summed E-state index contributed by atoms with van der Waals surface area (Å²) >= 11 is 0. The largest absolute Gasteiger partial charge is 0.416 e. The molecule has 0 aliphatic carbocycles. The summed E-state index contributed by atoms with van der Waals surface area (Å²) in [7, 11) is 0. The number of halogens is 3. The van der Waals surface area contributed by atoms with Crippen molar-refractivity contribution >= 4 is 22.3 Å². The smallest absolute Gasteiger partial charge is 0.366 e. The summed E-state index contributed by atoms with van der Waals surface area (Å²) in [5, 5.41) is 0.537. The fourth-order valence-corrected chi connectivity index (χ4v) is 5.66. The molecule has 0 N–H and O–H groups in total. The standard InChI is InChI=1S/C30H28F3N3/c1-20-8-10-21(11-9-20)18-35-19-23-15-22-16-24(30(31,32)33)12-13-26(22)34-27(23)17-25-5-4-14-36(25)29-7-3-2-6-28(29)35/h2-3,6-13,15-16,25H,4-5,14,17-19H2,1H3. The number of fused-ring (bicyclic) bond motifs is 5. The maximum Gasteiger partial charge on any atom is 0.416 e. The molecule has 6 rings (SSSR count). The first-order valence-electron chi connectivity index (χ1n) is 12.5. The Kier molecular flexibility index (Phi) is 5.62. The topological polar surface area (TPSA) is 19.4 Å². The minimum Gasteiger partial charge on any atom is -0.366 e. The maximum atomic E-state index is 13.4. The van der Waals surface area contributed by atoms with Crippen LogP contribution in [0.25, 0.3) is 10.9 Å². The molecule has 3 heterocycles. The van der Waals surface area contributed by atoms with Crippen LogP contribution in [-0.2, 0) is 25.7 Å². The van der Waals surface area contributed by atoms with Crippen molar-refractivity contribution in [1.82, 2.24) is 4.98 Å². The molecule has 6 heteroatoms. The third-order valence-corrected chi connectivity index (χ3v) is 7.50. The van der Waals surface area contributed by atoms with Gasteiger partial charge >= 0.3 is 6.18 Å². The van der Waals surface area contributed by atoms with Gasteiger partial charge in [0.1, 0.15) is 0 Å². The van der Waals surface area contributed by atoms with Crippen molar-refractivity contribution in [1.29, 1.82) is 0 Å². The number of rotatable bonds is 2. The third-order valence-electron chi connectivity index (χ3n) is 7.50. The van der Waals surface area contributed by atoms with Gasteiger partial charge in [0.05, 0.1) is 22.5 Å². The lowest BCUT2D eigenvalue weighted by atomic mass is 10.0. The number of hydrogen-bond acceptors (Lipinski definition) is 3. The molecule has 2 aliphatic heterocycles. The number of anilines is 2. The zero-order chi connectivity index (χ0) is 24.9. The molecule has 2 aliphatic rings. The van der Waals surface area contributed by atoms with Crippen molar-refractivity contribution in [2.45, 2.75) is 51.5 Å². The van der Waals surface area contributed by atoms with E-state index in [4.69, 9.17) is 4.98 Å². The van der Waals surface area contributed by atoms with Gasteiger partial charge in [-0.05, 0) is 67.3 Å². The van der Waals surface area contributed by atoms with E-state index in [-0.39, 0.29) is 0 Å². The van der Waals surface area contributed by atoms with E-state index in [9.17, 15) is 13.2 Å². The zero-order valence-electron chi connectivity index (χ0n) is 20.2. The van der Waals surface area contributed by atoms with Crippen LogP contribution in [0.2, 0.25) is 0 Å². The first-order valence-corrected chi connectivity index (χ1v) is 12.5. The highest BCUT2D eigenvalue weighted by Gasteiger charge is 2.32. The molecule has 36 heavy (non-hydrogen) atoms. The van der Waals surface area contributed by atoms with Crippen molar-refractivity contribution < 1.29 is 13.2 Å². The molecule has 3 nitrogen and oxygen atoms in total. The summed E-state index contributed by atoms with van der Waals surface area (Å²) in [5.41, 5.74) is 6.76. The van der Waals surface area contributed by atoms with Crippen LogP contribution in [0.5, 0.6) is 0 Å². The Labute approximate surface area is 209 Å².